The first-order chi connectivity index (χ1) is 13.0. The molecule has 1 saturated heterocycles. The molecule has 1 aromatic carbocycles. The second-order valence-electron chi connectivity index (χ2n) is 7.87. The van der Waals surface area contributed by atoms with Crippen LogP contribution in [0.15, 0.2) is 29.1 Å². The summed E-state index contributed by atoms with van der Waals surface area (Å²) in [6, 6.07) is 7.26. The average molecular weight is 407 g/mol. The topological polar surface area (TPSA) is 76.0 Å². The van der Waals surface area contributed by atoms with Crippen LogP contribution in [0.5, 0.6) is 0 Å². The van der Waals surface area contributed by atoms with Gasteiger partial charge in [0.05, 0.1) is 5.39 Å². The van der Waals surface area contributed by atoms with Crippen LogP contribution in [0.3, 0.4) is 0 Å². The van der Waals surface area contributed by atoms with E-state index in [1.165, 1.54) is 4.68 Å². The summed E-state index contributed by atoms with van der Waals surface area (Å²) in [6.45, 7) is 7.47. The van der Waals surface area contributed by atoms with E-state index < -0.39 is 0 Å². The Balaban J connectivity index is 0.00000280. The van der Waals surface area contributed by atoms with Crippen molar-refractivity contribution in [3.8, 4) is 0 Å². The maximum Gasteiger partial charge on any atom is 0.274 e. The summed E-state index contributed by atoms with van der Waals surface area (Å²) in [4.78, 5) is 25.6. The average Bonchev–Trinajstić information content (AvgIpc) is 2.69. The van der Waals surface area contributed by atoms with E-state index in [2.05, 4.69) is 29.6 Å². The summed E-state index contributed by atoms with van der Waals surface area (Å²) in [7, 11) is 0. The Morgan fingerprint density at radius 2 is 1.89 bits per heavy atom. The molecular formula is C21H31ClN4O2. The van der Waals surface area contributed by atoms with Gasteiger partial charge in [-0.3, -0.25) is 9.59 Å². The van der Waals surface area contributed by atoms with Crippen molar-refractivity contribution in [2.75, 3.05) is 19.6 Å². The molecule has 1 amide bonds. The molecule has 2 aromatic rings. The lowest BCUT2D eigenvalue weighted by atomic mass is 9.81. The molecule has 154 valence electrons. The van der Waals surface area contributed by atoms with Gasteiger partial charge in [0.15, 0.2) is 5.69 Å². The number of hydrogen-bond donors (Lipinski definition) is 2. The van der Waals surface area contributed by atoms with Crippen molar-refractivity contribution in [1.29, 1.82) is 0 Å². The van der Waals surface area contributed by atoms with Gasteiger partial charge < -0.3 is 10.6 Å². The Morgan fingerprint density at radius 3 is 2.57 bits per heavy atom. The summed E-state index contributed by atoms with van der Waals surface area (Å²) >= 11 is 0. The van der Waals surface area contributed by atoms with Crippen molar-refractivity contribution in [2.24, 2.45) is 5.41 Å². The molecule has 1 aliphatic rings. The van der Waals surface area contributed by atoms with Crippen LogP contribution in [0, 0.1) is 5.41 Å². The molecule has 6 nitrogen and oxygen atoms in total. The lowest BCUT2D eigenvalue weighted by molar-refractivity contribution is 0.0916. The molecule has 1 aromatic heterocycles. The van der Waals surface area contributed by atoms with E-state index in [-0.39, 0.29) is 29.3 Å². The Kier molecular flexibility index (Phi) is 8.01. The fourth-order valence-corrected chi connectivity index (χ4v) is 3.65. The molecule has 0 bridgehead atoms. The second-order valence-corrected chi connectivity index (χ2v) is 7.87. The number of unbranched alkanes of at least 4 members (excludes halogenated alkanes) is 2. The first kappa shape index (κ1) is 22.4. The summed E-state index contributed by atoms with van der Waals surface area (Å²) < 4.78 is 1.46. The maximum atomic E-state index is 12.9. The molecule has 0 atom stereocenters. The van der Waals surface area contributed by atoms with E-state index in [1.54, 1.807) is 12.1 Å². The van der Waals surface area contributed by atoms with Crippen LogP contribution in [0.4, 0.5) is 0 Å². The molecule has 0 unspecified atom stereocenters. The van der Waals surface area contributed by atoms with Crippen LogP contribution in [0.25, 0.3) is 10.8 Å². The number of rotatable bonds is 7. The molecular weight excluding hydrogens is 376 g/mol. The molecule has 0 spiro atoms. The highest BCUT2D eigenvalue weighted by Gasteiger charge is 2.28. The number of halogens is 1. The molecule has 0 radical (unpaired) electrons. The van der Waals surface area contributed by atoms with Gasteiger partial charge in [-0.1, -0.05) is 44.9 Å². The van der Waals surface area contributed by atoms with Gasteiger partial charge in [-0.05, 0) is 43.8 Å². The predicted molar refractivity (Wildman–Crippen MR) is 115 cm³/mol. The number of aromatic nitrogens is 2. The fourth-order valence-electron chi connectivity index (χ4n) is 3.65. The number of amides is 1. The number of benzene rings is 1. The van der Waals surface area contributed by atoms with Crippen LogP contribution in [-0.4, -0.2) is 35.3 Å². The predicted octanol–water partition coefficient (Wildman–Crippen LogP) is 3.13. The highest BCUT2D eigenvalue weighted by atomic mass is 35.5. The van der Waals surface area contributed by atoms with Crippen LogP contribution in [0.1, 0.15) is 56.4 Å². The van der Waals surface area contributed by atoms with Gasteiger partial charge in [-0.15, -0.1) is 12.4 Å². The molecule has 1 fully saturated rings. The minimum absolute atomic E-state index is 0. The number of hydrogen-bond acceptors (Lipinski definition) is 4. The lowest BCUT2D eigenvalue weighted by Gasteiger charge is -2.34. The normalized spacial score (nSPS) is 15.8. The number of carbonyl (C=O) groups excluding carboxylic acids is 1. The van der Waals surface area contributed by atoms with Crippen molar-refractivity contribution in [3.05, 3.63) is 40.3 Å². The third-order valence-electron chi connectivity index (χ3n) is 5.54. The van der Waals surface area contributed by atoms with Crippen LogP contribution in [0.2, 0.25) is 0 Å². The van der Waals surface area contributed by atoms with Gasteiger partial charge >= 0.3 is 0 Å². The zero-order valence-corrected chi connectivity index (χ0v) is 17.6. The van der Waals surface area contributed by atoms with Crippen molar-refractivity contribution >= 4 is 29.1 Å². The van der Waals surface area contributed by atoms with Gasteiger partial charge in [0.2, 0.25) is 0 Å². The van der Waals surface area contributed by atoms with Crippen LogP contribution in [-0.2, 0) is 6.54 Å². The summed E-state index contributed by atoms with van der Waals surface area (Å²) in [6.07, 6.45) is 5.07. The summed E-state index contributed by atoms with van der Waals surface area (Å²) in [5.41, 5.74) is 0.328. The van der Waals surface area contributed by atoms with Crippen molar-refractivity contribution in [1.82, 2.24) is 20.4 Å². The van der Waals surface area contributed by atoms with E-state index in [0.717, 1.165) is 45.2 Å². The van der Waals surface area contributed by atoms with E-state index in [9.17, 15) is 9.59 Å². The lowest BCUT2D eigenvalue weighted by Crippen LogP contribution is -2.43. The maximum absolute atomic E-state index is 12.9. The minimum atomic E-state index is -0.199. The number of piperidine rings is 1. The SMILES string of the molecule is CCCCCn1nc(C(=O)NCC2(C)CCNCC2)c2ccccc2c1=O.Cl. The van der Waals surface area contributed by atoms with E-state index in [4.69, 9.17) is 0 Å². The number of nitrogens with one attached hydrogen (secondary N) is 2. The molecule has 28 heavy (non-hydrogen) atoms. The number of aryl methyl sites for hydroxylation is 1. The van der Waals surface area contributed by atoms with Gasteiger partial charge in [0.25, 0.3) is 11.5 Å². The fraction of sp³-hybridized carbons (Fsp3) is 0.571. The number of nitrogens with zero attached hydrogens (tertiary/aromatic N) is 2. The molecule has 1 aliphatic heterocycles. The Bertz CT molecular complexity index is 859. The standard InChI is InChI=1S/C21H30N4O2.ClH/c1-3-4-7-14-25-20(27)17-9-6-5-8-16(17)18(24-25)19(26)23-15-21(2)10-12-22-13-11-21;/h5-6,8-9,22H,3-4,7,10-15H2,1-2H3,(H,23,26);1H. The Morgan fingerprint density at radius 1 is 1.21 bits per heavy atom. The first-order valence-corrected chi connectivity index (χ1v) is 10.0. The third kappa shape index (κ3) is 5.11. The minimum Gasteiger partial charge on any atom is -0.350 e. The summed E-state index contributed by atoms with van der Waals surface area (Å²) in [5, 5.41) is 12.1. The third-order valence-corrected chi connectivity index (χ3v) is 5.54. The van der Waals surface area contributed by atoms with Crippen molar-refractivity contribution < 1.29 is 4.79 Å². The van der Waals surface area contributed by atoms with Crippen LogP contribution < -0.4 is 16.2 Å². The highest BCUT2D eigenvalue weighted by Crippen LogP contribution is 2.26. The molecule has 7 heteroatoms. The zero-order chi connectivity index (χ0) is 19.3. The molecule has 2 N–H and O–H groups in total. The molecule has 2 heterocycles. The summed E-state index contributed by atoms with van der Waals surface area (Å²) in [5.74, 6) is -0.199. The number of fused-ring (bicyclic) bond motifs is 1. The Labute approximate surface area is 172 Å². The van der Waals surface area contributed by atoms with Crippen molar-refractivity contribution in [2.45, 2.75) is 52.5 Å². The van der Waals surface area contributed by atoms with E-state index in [0.29, 0.717) is 29.6 Å². The van der Waals surface area contributed by atoms with Crippen LogP contribution >= 0.6 is 12.4 Å². The van der Waals surface area contributed by atoms with E-state index in [1.807, 2.05) is 12.1 Å². The zero-order valence-electron chi connectivity index (χ0n) is 16.8. The van der Waals surface area contributed by atoms with Crippen molar-refractivity contribution in [3.63, 3.8) is 0 Å². The van der Waals surface area contributed by atoms with Gasteiger partial charge in [0, 0.05) is 18.5 Å². The van der Waals surface area contributed by atoms with Gasteiger partial charge in [-0.2, -0.15) is 5.10 Å². The molecule has 3 rings (SSSR count). The smallest absolute Gasteiger partial charge is 0.274 e. The number of carbonyl (C=O) groups is 1. The van der Waals surface area contributed by atoms with E-state index >= 15 is 0 Å². The molecule has 0 aliphatic carbocycles. The Hall–Kier alpha value is -1.92. The highest BCUT2D eigenvalue weighted by molar-refractivity contribution is 6.04. The van der Waals surface area contributed by atoms with Gasteiger partial charge in [0.1, 0.15) is 0 Å². The quantitative estimate of drug-likeness (QED) is 0.692. The largest absolute Gasteiger partial charge is 0.350 e. The van der Waals surface area contributed by atoms with Gasteiger partial charge in [-0.25, -0.2) is 4.68 Å². The monoisotopic (exact) mass is 406 g/mol. The first-order valence-electron chi connectivity index (χ1n) is 10.0. The molecule has 0 saturated carbocycles. The second kappa shape index (κ2) is 10.0.